The van der Waals surface area contributed by atoms with Crippen LogP contribution >= 0.6 is 11.6 Å². The van der Waals surface area contributed by atoms with Crippen LogP contribution in [0.3, 0.4) is 0 Å². The Morgan fingerprint density at radius 3 is 2.78 bits per heavy atom. The second-order valence-electron chi connectivity index (χ2n) is 7.02. The first-order valence-corrected chi connectivity index (χ1v) is 8.08. The Hall–Kier alpha value is -2.07. The number of aromatic nitrogens is 2. The predicted molar refractivity (Wildman–Crippen MR) is 94.3 cm³/mol. The molecule has 1 N–H and O–H groups in total. The summed E-state index contributed by atoms with van der Waals surface area (Å²) in [5, 5.41) is 2.89. The number of halogens is 1. The standard InChI is InChI=1S/C18H18ClN3O/c1-18(2,3)14-9-23-17(22-14)16-15-11(6-7-20-16)12-8-10(19)4-5-13(12)21-15/h4-8,14,21H,9H2,1-3H3. The minimum Gasteiger partial charge on any atom is -0.474 e. The number of pyridine rings is 1. The van der Waals surface area contributed by atoms with Crippen LogP contribution in [0, 0.1) is 5.41 Å². The number of nitrogens with one attached hydrogen (secondary N) is 1. The fraction of sp³-hybridized carbons (Fsp3) is 0.333. The maximum absolute atomic E-state index is 6.13. The highest BCUT2D eigenvalue weighted by Crippen LogP contribution is 2.32. The number of hydrogen-bond acceptors (Lipinski definition) is 3. The molecule has 0 fully saturated rings. The van der Waals surface area contributed by atoms with Gasteiger partial charge in [0.2, 0.25) is 5.90 Å². The summed E-state index contributed by atoms with van der Waals surface area (Å²) in [7, 11) is 0. The van der Waals surface area contributed by atoms with E-state index in [1.807, 2.05) is 24.3 Å². The normalized spacial score (nSPS) is 18.4. The molecule has 0 bridgehead atoms. The maximum atomic E-state index is 6.13. The molecule has 0 radical (unpaired) electrons. The molecule has 4 rings (SSSR count). The summed E-state index contributed by atoms with van der Waals surface area (Å²) in [4.78, 5) is 12.7. The molecule has 5 heteroatoms. The summed E-state index contributed by atoms with van der Waals surface area (Å²) in [6.45, 7) is 7.12. The van der Waals surface area contributed by atoms with Crippen LogP contribution in [0.5, 0.6) is 0 Å². The summed E-state index contributed by atoms with van der Waals surface area (Å²) in [5.74, 6) is 0.619. The van der Waals surface area contributed by atoms with Crippen LogP contribution in [0.25, 0.3) is 21.8 Å². The van der Waals surface area contributed by atoms with E-state index in [9.17, 15) is 0 Å². The van der Waals surface area contributed by atoms with Crippen molar-refractivity contribution in [3.05, 3.63) is 41.2 Å². The van der Waals surface area contributed by atoms with E-state index in [0.29, 0.717) is 12.5 Å². The van der Waals surface area contributed by atoms with Crippen LogP contribution in [0.1, 0.15) is 26.5 Å². The van der Waals surface area contributed by atoms with Crippen LogP contribution < -0.4 is 0 Å². The van der Waals surface area contributed by atoms with Gasteiger partial charge in [0.05, 0.1) is 11.6 Å². The fourth-order valence-electron chi connectivity index (χ4n) is 2.90. The molecule has 2 aromatic heterocycles. The van der Waals surface area contributed by atoms with E-state index in [-0.39, 0.29) is 11.5 Å². The van der Waals surface area contributed by atoms with Crippen LogP contribution in [-0.4, -0.2) is 28.5 Å². The average molecular weight is 328 g/mol. The van der Waals surface area contributed by atoms with Crippen molar-refractivity contribution in [2.24, 2.45) is 10.4 Å². The third-order valence-electron chi connectivity index (χ3n) is 4.34. The second-order valence-corrected chi connectivity index (χ2v) is 7.46. The lowest BCUT2D eigenvalue weighted by Gasteiger charge is -2.21. The molecule has 1 atom stereocenters. The van der Waals surface area contributed by atoms with E-state index in [2.05, 4.69) is 30.7 Å². The topological polar surface area (TPSA) is 50.3 Å². The first kappa shape index (κ1) is 14.5. The first-order valence-electron chi connectivity index (χ1n) is 7.70. The van der Waals surface area contributed by atoms with Gasteiger partial charge in [0.15, 0.2) is 0 Å². The molecule has 23 heavy (non-hydrogen) atoms. The molecule has 0 spiro atoms. The van der Waals surface area contributed by atoms with Crippen molar-refractivity contribution in [3.8, 4) is 0 Å². The van der Waals surface area contributed by atoms with E-state index in [4.69, 9.17) is 21.3 Å². The molecule has 1 aliphatic rings. The quantitative estimate of drug-likeness (QED) is 0.712. The van der Waals surface area contributed by atoms with Gasteiger partial charge in [0, 0.05) is 27.5 Å². The predicted octanol–water partition coefficient (Wildman–Crippen LogP) is 4.56. The van der Waals surface area contributed by atoms with Gasteiger partial charge < -0.3 is 9.72 Å². The zero-order valence-corrected chi connectivity index (χ0v) is 14.1. The minimum absolute atomic E-state index is 0.0730. The lowest BCUT2D eigenvalue weighted by Crippen LogP contribution is -2.25. The summed E-state index contributed by atoms with van der Waals surface area (Å²) in [6, 6.07) is 7.97. The van der Waals surface area contributed by atoms with Gasteiger partial charge in [-0.05, 0) is 29.7 Å². The minimum atomic E-state index is 0.0730. The summed E-state index contributed by atoms with van der Waals surface area (Å²) in [6.07, 6.45) is 1.79. The average Bonchev–Trinajstić information content (AvgIpc) is 3.10. The SMILES string of the molecule is CC(C)(C)C1COC(c2nccc3c2[nH]c2ccc(Cl)cc23)=N1. The summed E-state index contributed by atoms with van der Waals surface area (Å²) >= 11 is 6.13. The van der Waals surface area contributed by atoms with Gasteiger partial charge >= 0.3 is 0 Å². The van der Waals surface area contributed by atoms with E-state index in [1.165, 1.54) is 0 Å². The summed E-state index contributed by atoms with van der Waals surface area (Å²) in [5.41, 5.74) is 2.81. The number of H-pyrrole nitrogens is 1. The third kappa shape index (κ3) is 2.38. The van der Waals surface area contributed by atoms with Gasteiger partial charge in [-0.25, -0.2) is 9.98 Å². The van der Waals surface area contributed by atoms with Crippen LogP contribution in [0.2, 0.25) is 5.02 Å². The van der Waals surface area contributed by atoms with Crippen molar-refractivity contribution in [1.82, 2.24) is 9.97 Å². The zero-order chi connectivity index (χ0) is 16.2. The number of benzene rings is 1. The molecule has 0 aliphatic carbocycles. The van der Waals surface area contributed by atoms with E-state index in [0.717, 1.165) is 32.5 Å². The maximum Gasteiger partial charge on any atom is 0.238 e. The second kappa shape index (κ2) is 4.96. The van der Waals surface area contributed by atoms with Crippen LogP contribution in [0.15, 0.2) is 35.5 Å². The van der Waals surface area contributed by atoms with Crippen molar-refractivity contribution < 1.29 is 4.74 Å². The van der Waals surface area contributed by atoms with Gasteiger partial charge in [-0.2, -0.15) is 0 Å². The molecular formula is C18H18ClN3O. The number of hydrogen-bond donors (Lipinski definition) is 1. The molecular weight excluding hydrogens is 310 g/mol. The number of rotatable bonds is 1. The van der Waals surface area contributed by atoms with Crippen molar-refractivity contribution in [2.75, 3.05) is 6.61 Å². The highest BCUT2D eigenvalue weighted by Gasteiger charge is 2.32. The molecule has 1 aliphatic heterocycles. The van der Waals surface area contributed by atoms with Crippen LogP contribution in [0.4, 0.5) is 0 Å². The Morgan fingerprint density at radius 1 is 1.22 bits per heavy atom. The third-order valence-corrected chi connectivity index (χ3v) is 4.57. The Kier molecular flexibility index (Phi) is 3.13. The lowest BCUT2D eigenvalue weighted by atomic mass is 9.88. The number of fused-ring (bicyclic) bond motifs is 3. The number of aliphatic imine (C=N–C) groups is 1. The molecule has 118 valence electrons. The van der Waals surface area contributed by atoms with E-state index >= 15 is 0 Å². The molecule has 1 aromatic carbocycles. The molecule has 0 saturated carbocycles. The van der Waals surface area contributed by atoms with Crippen LogP contribution in [-0.2, 0) is 4.74 Å². The highest BCUT2D eigenvalue weighted by atomic mass is 35.5. The van der Waals surface area contributed by atoms with Crippen molar-refractivity contribution >= 4 is 39.3 Å². The van der Waals surface area contributed by atoms with E-state index < -0.39 is 0 Å². The van der Waals surface area contributed by atoms with Gasteiger partial charge in [0.25, 0.3) is 0 Å². The van der Waals surface area contributed by atoms with Crippen molar-refractivity contribution in [3.63, 3.8) is 0 Å². The monoisotopic (exact) mass is 327 g/mol. The molecule has 3 aromatic rings. The Bertz CT molecular complexity index is 936. The molecule has 0 saturated heterocycles. The Morgan fingerprint density at radius 2 is 2.04 bits per heavy atom. The van der Waals surface area contributed by atoms with Crippen molar-refractivity contribution in [1.29, 1.82) is 0 Å². The molecule has 0 amide bonds. The molecule has 1 unspecified atom stereocenters. The van der Waals surface area contributed by atoms with Gasteiger partial charge in [-0.1, -0.05) is 32.4 Å². The number of nitrogens with zero attached hydrogens (tertiary/aromatic N) is 2. The first-order chi connectivity index (χ1) is 10.9. The lowest BCUT2D eigenvalue weighted by molar-refractivity contribution is 0.235. The van der Waals surface area contributed by atoms with Gasteiger partial charge in [-0.3, -0.25) is 0 Å². The molecule has 4 nitrogen and oxygen atoms in total. The smallest absolute Gasteiger partial charge is 0.238 e. The fourth-order valence-corrected chi connectivity index (χ4v) is 3.08. The zero-order valence-electron chi connectivity index (χ0n) is 13.4. The molecule has 3 heterocycles. The van der Waals surface area contributed by atoms with Crippen molar-refractivity contribution in [2.45, 2.75) is 26.8 Å². The Balaban J connectivity index is 1.90. The number of ether oxygens (including phenoxy) is 1. The van der Waals surface area contributed by atoms with Gasteiger partial charge in [0.1, 0.15) is 12.3 Å². The Labute approximate surface area is 139 Å². The van der Waals surface area contributed by atoms with Gasteiger partial charge in [-0.15, -0.1) is 0 Å². The number of aromatic amines is 1. The summed E-state index contributed by atoms with van der Waals surface area (Å²) < 4.78 is 5.85. The largest absolute Gasteiger partial charge is 0.474 e. The van der Waals surface area contributed by atoms with E-state index in [1.54, 1.807) is 6.20 Å². The highest BCUT2D eigenvalue weighted by molar-refractivity contribution is 6.32.